The average Bonchev–Trinajstić information content (AvgIpc) is 2.16. The topological polar surface area (TPSA) is 94.8 Å². The van der Waals surface area contributed by atoms with Crippen LogP contribution in [0.3, 0.4) is 0 Å². The second-order valence-corrected chi connectivity index (χ2v) is 4.07. The molecule has 0 bridgehead atoms. The molecule has 3 N–H and O–H groups in total. The van der Waals surface area contributed by atoms with E-state index >= 15 is 0 Å². The summed E-state index contributed by atoms with van der Waals surface area (Å²) in [6, 6.07) is 0. The first-order valence-electron chi connectivity index (χ1n) is 5.60. The molecule has 0 aliphatic heterocycles. The van der Waals surface area contributed by atoms with Gasteiger partial charge in [0.05, 0.1) is 6.42 Å². The third kappa shape index (κ3) is 5.70. The number of hydrogen-bond acceptors (Lipinski definition) is 3. The van der Waals surface area contributed by atoms with Crippen LogP contribution in [0.15, 0.2) is 0 Å². The third-order valence-corrected chi connectivity index (χ3v) is 2.54. The van der Waals surface area contributed by atoms with Crippen molar-refractivity contribution in [1.82, 2.24) is 0 Å². The Bertz CT molecular complexity index is 239. The van der Waals surface area contributed by atoms with Gasteiger partial charge in [0.1, 0.15) is 0 Å². The molecule has 0 amide bonds. The smallest absolute Gasteiger partial charge is 0.336 e. The fraction of sp³-hybridized carbons (Fsp3) is 0.818. The molecule has 0 aromatic heterocycles. The fourth-order valence-corrected chi connectivity index (χ4v) is 1.54. The van der Waals surface area contributed by atoms with Gasteiger partial charge in [-0.25, -0.2) is 4.79 Å². The molecule has 0 radical (unpaired) electrons. The standard InChI is InChI=1S/C11H20O5/c1-2-3-4-5-6-7-11(16,10(14)15)8-9(12)13/h16H,2-8H2,1H3,(H,12,13)(H,14,15). The first-order chi connectivity index (χ1) is 7.42. The maximum absolute atomic E-state index is 10.8. The lowest BCUT2D eigenvalue weighted by molar-refractivity contribution is -0.166. The molecule has 1 atom stereocenters. The molecular weight excluding hydrogens is 212 g/mol. The molecule has 0 heterocycles. The van der Waals surface area contributed by atoms with E-state index in [0.717, 1.165) is 25.7 Å². The molecule has 0 saturated carbocycles. The van der Waals surface area contributed by atoms with Crippen LogP contribution in [-0.2, 0) is 9.59 Å². The number of rotatable bonds is 9. The Morgan fingerprint density at radius 2 is 1.62 bits per heavy atom. The number of carboxylic acid groups (broad SMARTS) is 2. The Kier molecular flexibility index (Phi) is 6.72. The summed E-state index contributed by atoms with van der Waals surface area (Å²) in [5, 5.41) is 26.9. The van der Waals surface area contributed by atoms with Gasteiger partial charge in [-0.2, -0.15) is 0 Å². The van der Waals surface area contributed by atoms with Crippen molar-refractivity contribution in [1.29, 1.82) is 0 Å². The maximum Gasteiger partial charge on any atom is 0.336 e. The number of hydrogen-bond donors (Lipinski definition) is 3. The van der Waals surface area contributed by atoms with Crippen LogP contribution in [0.4, 0.5) is 0 Å². The summed E-state index contributed by atoms with van der Waals surface area (Å²) in [4.78, 5) is 21.2. The van der Waals surface area contributed by atoms with E-state index in [1.165, 1.54) is 0 Å². The molecule has 0 aromatic rings. The predicted molar refractivity (Wildman–Crippen MR) is 58.2 cm³/mol. The van der Waals surface area contributed by atoms with E-state index in [-0.39, 0.29) is 6.42 Å². The van der Waals surface area contributed by atoms with Gasteiger partial charge in [0, 0.05) is 0 Å². The van der Waals surface area contributed by atoms with E-state index in [0.29, 0.717) is 6.42 Å². The lowest BCUT2D eigenvalue weighted by atomic mass is 9.92. The molecule has 5 heteroatoms. The number of aliphatic carboxylic acids is 2. The molecule has 94 valence electrons. The molecule has 1 unspecified atom stereocenters. The highest BCUT2D eigenvalue weighted by Gasteiger charge is 2.37. The average molecular weight is 232 g/mol. The molecule has 0 fully saturated rings. The van der Waals surface area contributed by atoms with Crippen molar-refractivity contribution in [3.8, 4) is 0 Å². The van der Waals surface area contributed by atoms with Crippen LogP contribution >= 0.6 is 0 Å². The van der Waals surface area contributed by atoms with Gasteiger partial charge in [0.25, 0.3) is 0 Å². The van der Waals surface area contributed by atoms with Crippen molar-refractivity contribution in [2.24, 2.45) is 0 Å². The molecule has 0 rings (SSSR count). The van der Waals surface area contributed by atoms with Crippen LogP contribution < -0.4 is 0 Å². The van der Waals surface area contributed by atoms with Gasteiger partial charge in [-0.1, -0.05) is 32.6 Å². The number of carbonyl (C=O) groups is 2. The normalized spacial score (nSPS) is 14.4. The van der Waals surface area contributed by atoms with Gasteiger partial charge in [-0.3, -0.25) is 4.79 Å². The second kappa shape index (κ2) is 7.22. The summed E-state index contributed by atoms with van der Waals surface area (Å²) in [6.07, 6.45) is 3.76. The summed E-state index contributed by atoms with van der Waals surface area (Å²) in [5.74, 6) is -2.75. The highest BCUT2D eigenvalue weighted by molar-refractivity contribution is 5.83. The minimum Gasteiger partial charge on any atom is -0.481 e. The van der Waals surface area contributed by atoms with Crippen molar-refractivity contribution < 1.29 is 24.9 Å². The number of unbranched alkanes of at least 4 members (excludes halogenated alkanes) is 4. The Morgan fingerprint density at radius 3 is 2.06 bits per heavy atom. The van der Waals surface area contributed by atoms with Crippen molar-refractivity contribution >= 4 is 11.9 Å². The highest BCUT2D eigenvalue weighted by atomic mass is 16.4. The molecule has 5 nitrogen and oxygen atoms in total. The zero-order valence-corrected chi connectivity index (χ0v) is 9.61. The minimum absolute atomic E-state index is 0.00164. The molecule has 0 aromatic carbocycles. The second-order valence-electron chi connectivity index (χ2n) is 4.07. The SMILES string of the molecule is CCCCCCCC(O)(CC(=O)O)C(=O)O. The van der Waals surface area contributed by atoms with Crippen molar-refractivity contribution in [2.45, 2.75) is 57.5 Å². The minimum atomic E-state index is -2.11. The Labute approximate surface area is 95.1 Å². The number of carboxylic acids is 2. The summed E-state index contributed by atoms with van der Waals surface area (Å²) in [5.41, 5.74) is -2.11. The summed E-state index contributed by atoms with van der Waals surface area (Å²) < 4.78 is 0. The van der Waals surface area contributed by atoms with Crippen LogP contribution in [0.25, 0.3) is 0 Å². The zero-order valence-electron chi connectivity index (χ0n) is 9.61. The fourth-order valence-electron chi connectivity index (χ4n) is 1.54. The lowest BCUT2D eigenvalue weighted by Crippen LogP contribution is -2.40. The molecular formula is C11H20O5. The lowest BCUT2D eigenvalue weighted by Gasteiger charge is -2.21. The van der Waals surface area contributed by atoms with E-state index in [4.69, 9.17) is 10.2 Å². The summed E-state index contributed by atoms with van der Waals surface area (Å²) in [7, 11) is 0. The van der Waals surface area contributed by atoms with Crippen LogP contribution in [0.5, 0.6) is 0 Å². The van der Waals surface area contributed by atoms with E-state index < -0.39 is 24.0 Å². The van der Waals surface area contributed by atoms with E-state index in [1.807, 2.05) is 0 Å². The Balaban J connectivity index is 4.03. The van der Waals surface area contributed by atoms with Crippen LogP contribution in [0.1, 0.15) is 51.9 Å². The first kappa shape index (κ1) is 14.9. The first-order valence-corrected chi connectivity index (χ1v) is 5.60. The van der Waals surface area contributed by atoms with Gasteiger partial charge < -0.3 is 15.3 Å². The Hall–Kier alpha value is -1.10. The van der Waals surface area contributed by atoms with Gasteiger partial charge >= 0.3 is 11.9 Å². The zero-order chi connectivity index (χ0) is 12.6. The number of aliphatic hydroxyl groups is 1. The molecule has 0 aliphatic rings. The van der Waals surface area contributed by atoms with Crippen molar-refractivity contribution in [3.63, 3.8) is 0 Å². The maximum atomic E-state index is 10.8. The monoisotopic (exact) mass is 232 g/mol. The summed E-state index contributed by atoms with van der Waals surface area (Å²) >= 11 is 0. The van der Waals surface area contributed by atoms with Crippen LogP contribution in [0.2, 0.25) is 0 Å². The van der Waals surface area contributed by atoms with Gasteiger partial charge in [-0.15, -0.1) is 0 Å². The predicted octanol–water partition coefficient (Wildman–Crippen LogP) is 1.64. The molecule has 0 saturated heterocycles. The van der Waals surface area contributed by atoms with E-state index in [1.54, 1.807) is 0 Å². The van der Waals surface area contributed by atoms with Gasteiger partial charge in [0.2, 0.25) is 0 Å². The Morgan fingerprint density at radius 1 is 1.06 bits per heavy atom. The highest BCUT2D eigenvalue weighted by Crippen LogP contribution is 2.20. The molecule has 16 heavy (non-hydrogen) atoms. The molecule has 0 spiro atoms. The van der Waals surface area contributed by atoms with Gasteiger partial charge in [-0.05, 0) is 12.8 Å². The largest absolute Gasteiger partial charge is 0.481 e. The van der Waals surface area contributed by atoms with Crippen molar-refractivity contribution in [2.75, 3.05) is 0 Å². The van der Waals surface area contributed by atoms with Crippen LogP contribution in [-0.4, -0.2) is 32.9 Å². The molecule has 0 aliphatic carbocycles. The van der Waals surface area contributed by atoms with Gasteiger partial charge in [0.15, 0.2) is 5.60 Å². The van der Waals surface area contributed by atoms with Crippen LogP contribution in [0, 0.1) is 0 Å². The third-order valence-electron chi connectivity index (χ3n) is 2.54. The quantitative estimate of drug-likeness (QED) is 0.525. The summed E-state index contributed by atoms with van der Waals surface area (Å²) in [6.45, 7) is 2.07. The van der Waals surface area contributed by atoms with E-state index in [9.17, 15) is 14.7 Å². The van der Waals surface area contributed by atoms with Crippen molar-refractivity contribution in [3.05, 3.63) is 0 Å². The van der Waals surface area contributed by atoms with E-state index in [2.05, 4.69) is 6.92 Å².